The van der Waals surface area contributed by atoms with Gasteiger partial charge in [0.05, 0.1) is 16.7 Å². The number of nitrogens with one attached hydrogen (secondary N) is 1. The van der Waals surface area contributed by atoms with Crippen molar-refractivity contribution in [2.24, 2.45) is 0 Å². The van der Waals surface area contributed by atoms with Gasteiger partial charge in [-0.2, -0.15) is 0 Å². The minimum Gasteiger partial charge on any atom is -0.494 e. The first kappa shape index (κ1) is 27.6. The molecule has 1 N–H and O–H groups in total. The van der Waals surface area contributed by atoms with Gasteiger partial charge in [0.1, 0.15) is 11.8 Å². The average molecular weight is 527 g/mol. The molecule has 7 heteroatoms. The van der Waals surface area contributed by atoms with Crippen molar-refractivity contribution in [1.82, 2.24) is 10.2 Å². The average Bonchev–Trinajstić information content (AvgIpc) is 2.86. The van der Waals surface area contributed by atoms with Gasteiger partial charge in [-0.25, -0.2) is 0 Å². The zero-order valence-electron chi connectivity index (χ0n) is 20.6. The number of halogens is 2. The number of nitrogens with zero attached hydrogens (tertiary/aromatic N) is 1. The van der Waals surface area contributed by atoms with E-state index in [0.717, 1.165) is 16.9 Å². The van der Waals surface area contributed by atoms with Crippen LogP contribution in [0.2, 0.25) is 10.0 Å². The number of amides is 2. The van der Waals surface area contributed by atoms with Gasteiger partial charge in [-0.05, 0) is 55.7 Å². The molecule has 5 nitrogen and oxygen atoms in total. The summed E-state index contributed by atoms with van der Waals surface area (Å²) < 4.78 is 5.76. The molecular formula is C29H32Cl2N2O3. The van der Waals surface area contributed by atoms with E-state index in [0.29, 0.717) is 29.5 Å². The van der Waals surface area contributed by atoms with Crippen LogP contribution >= 0.6 is 23.2 Å². The van der Waals surface area contributed by atoms with E-state index in [1.165, 1.54) is 0 Å². The van der Waals surface area contributed by atoms with Crippen molar-refractivity contribution in [3.8, 4) is 5.75 Å². The van der Waals surface area contributed by atoms with Gasteiger partial charge >= 0.3 is 0 Å². The minimum atomic E-state index is -0.688. The Labute approximate surface area is 223 Å². The number of carbonyl (C=O) groups is 2. The molecule has 190 valence electrons. The summed E-state index contributed by atoms with van der Waals surface area (Å²) in [7, 11) is 0. The lowest BCUT2D eigenvalue weighted by Crippen LogP contribution is -2.51. The highest BCUT2D eigenvalue weighted by Crippen LogP contribution is 2.25. The lowest BCUT2D eigenvalue weighted by Gasteiger charge is -2.32. The van der Waals surface area contributed by atoms with Gasteiger partial charge in [0.2, 0.25) is 11.8 Å². The zero-order chi connectivity index (χ0) is 25.9. The van der Waals surface area contributed by atoms with Gasteiger partial charge in [-0.15, -0.1) is 0 Å². The molecular weight excluding hydrogens is 495 g/mol. The Morgan fingerprint density at radius 2 is 1.56 bits per heavy atom. The highest BCUT2D eigenvalue weighted by molar-refractivity contribution is 6.42. The first-order valence-corrected chi connectivity index (χ1v) is 12.8. The van der Waals surface area contributed by atoms with Gasteiger partial charge in [-0.3, -0.25) is 9.59 Å². The Bertz CT molecular complexity index is 1120. The number of para-hydroxylation sites is 1. The van der Waals surface area contributed by atoms with Crippen molar-refractivity contribution >= 4 is 35.0 Å². The molecule has 0 fully saturated rings. The molecule has 0 saturated carbocycles. The van der Waals surface area contributed by atoms with Crippen molar-refractivity contribution in [3.63, 3.8) is 0 Å². The molecule has 3 aromatic rings. The van der Waals surface area contributed by atoms with E-state index in [4.69, 9.17) is 27.9 Å². The quantitative estimate of drug-likeness (QED) is 0.281. The van der Waals surface area contributed by atoms with Gasteiger partial charge < -0.3 is 15.0 Å². The molecule has 0 bridgehead atoms. The van der Waals surface area contributed by atoms with Crippen LogP contribution in [0.1, 0.15) is 37.8 Å². The van der Waals surface area contributed by atoms with Crippen molar-refractivity contribution in [3.05, 3.63) is 100 Å². The van der Waals surface area contributed by atoms with Crippen LogP contribution in [-0.2, 0) is 22.6 Å². The molecule has 0 heterocycles. The maximum atomic E-state index is 13.6. The van der Waals surface area contributed by atoms with E-state index in [1.54, 1.807) is 17.0 Å². The molecule has 0 unspecified atom stereocenters. The van der Waals surface area contributed by atoms with E-state index < -0.39 is 6.04 Å². The molecule has 2 amide bonds. The Hall–Kier alpha value is -3.02. The minimum absolute atomic E-state index is 0.0584. The first-order valence-electron chi connectivity index (χ1n) is 12.1. The van der Waals surface area contributed by atoms with Crippen molar-refractivity contribution < 1.29 is 14.3 Å². The monoisotopic (exact) mass is 526 g/mol. The Balaban J connectivity index is 1.82. The summed E-state index contributed by atoms with van der Waals surface area (Å²) in [6.07, 6.45) is 1.16. The molecule has 0 radical (unpaired) electrons. The highest BCUT2D eigenvalue weighted by atomic mass is 35.5. The van der Waals surface area contributed by atoms with E-state index in [1.807, 2.05) is 80.6 Å². The lowest BCUT2D eigenvalue weighted by atomic mass is 10.0. The normalized spacial score (nSPS) is 11.7. The third-order valence-electron chi connectivity index (χ3n) is 5.59. The fraction of sp³-hybridized carbons (Fsp3) is 0.310. The largest absolute Gasteiger partial charge is 0.494 e. The topological polar surface area (TPSA) is 58.6 Å². The Morgan fingerprint density at radius 3 is 2.19 bits per heavy atom. The number of rotatable bonds is 12. The molecule has 0 spiro atoms. The summed E-state index contributed by atoms with van der Waals surface area (Å²) in [6.45, 7) is 4.45. The van der Waals surface area contributed by atoms with E-state index in [2.05, 4.69) is 5.32 Å². The fourth-order valence-electron chi connectivity index (χ4n) is 3.84. The number of hydrogen-bond donors (Lipinski definition) is 1. The summed E-state index contributed by atoms with van der Waals surface area (Å²) in [5.74, 6) is 0.441. The second-order valence-corrected chi connectivity index (χ2v) is 9.72. The molecule has 3 aromatic carbocycles. The SMILES string of the molecule is CC(C)NC(=O)[C@@H](Cc1ccccc1)N(Cc1ccc(Cl)c(Cl)c1)C(=O)CCCOc1ccccc1. The standard InChI is InChI=1S/C29H32Cl2N2O3/c1-21(2)32-29(35)27(19-22-10-5-3-6-11-22)33(20-23-15-16-25(30)26(31)18-23)28(34)14-9-17-36-24-12-7-4-8-13-24/h3-8,10-13,15-16,18,21,27H,9,14,17,19-20H2,1-2H3,(H,32,35)/t27-/m1/s1. The summed E-state index contributed by atoms with van der Waals surface area (Å²) >= 11 is 12.3. The Morgan fingerprint density at radius 1 is 0.889 bits per heavy atom. The van der Waals surface area contributed by atoms with E-state index >= 15 is 0 Å². The molecule has 0 aliphatic rings. The Kier molecular flexibility index (Phi) is 10.6. The van der Waals surface area contributed by atoms with Gasteiger partial charge in [-0.1, -0.05) is 77.8 Å². The highest BCUT2D eigenvalue weighted by Gasteiger charge is 2.30. The maximum absolute atomic E-state index is 13.6. The summed E-state index contributed by atoms with van der Waals surface area (Å²) in [5.41, 5.74) is 1.77. The maximum Gasteiger partial charge on any atom is 0.243 e. The molecule has 0 aromatic heterocycles. The van der Waals surface area contributed by atoms with Crippen molar-refractivity contribution in [2.75, 3.05) is 6.61 Å². The van der Waals surface area contributed by atoms with E-state index in [9.17, 15) is 9.59 Å². The zero-order valence-corrected chi connectivity index (χ0v) is 22.1. The van der Waals surface area contributed by atoms with Crippen LogP contribution in [0.15, 0.2) is 78.9 Å². The predicted octanol–water partition coefficient (Wildman–Crippen LogP) is 6.32. The van der Waals surface area contributed by atoms with Gasteiger partial charge in [0, 0.05) is 25.4 Å². The summed E-state index contributed by atoms with van der Waals surface area (Å²) in [6, 6.07) is 23.7. The van der Waals surface area contributed by atoms with Gasteiger partial charge in [0.15, 0.2) is 0 Å². The van der Waals surface area contributed by atoms with Crippen LogP contribution in [0, 0.1) is 0 Å². The van der Waals surface area contributed by atoms with Crippen LogP contribution in [0.5, 0.6) is 5.75 Å². The van der Waals surface area contributed by atoms with Gasteiger partial charge in [0.25, 0.3) is 0 Å². The lowest BCUT2D eigenvalue weighted by molar-refractivity contribution is -0.141. The smallest absolute Gasteiger partial charge is 0.243 e. The van der Waals surface area contributed by atoms with Crippen LogP contribution in [0.25, 0.3) is 0 Å². The molecule has 1 atom stereocenters. The second-order valence-electron chi connectivity index (χ2n) is 8.90. The molecule has 3 rings (SSSR count). The summed E-state index contributed by atoms with van der Waals surface area (Å²) in [4.78, 5) is 28.6. The van der Waals surface area contributed by atoms with Crippen LogP contribution in [0.3, 0.4) is 0 Å². The first-order chi connectivity index (χ1) is 17.3. The van der Waals surface area contributed by atoms with Crippen LogP contribution in [0.4, 0.5) is 0 Å². The number of ether oxygens (including phenoxy) is 1. The van der Waals surface area contributed by atoms with E-state index in [-0.39, 0.29) is 30.8 Å². The van der Waals surface area contributed by atoms with Crippen LogP contribution in [-0.4, -0.2) is 35.4 Å². The molecule has 36 heavy (non-hydrogen) atoms. The second kappa shape index (κ2) is 13.9. The van der Waals surface area contributed by atoms with Crippen molar-refractivity contribution in [2.45, 2.75) is 51.7 Å². The van der Waals surface area contributed by atoms with Crippen molar-refractivity contribution in [1.29, 1.82) is 0 Å². The number of benzene rings is 3. The molecule has 0 aliphatic heterocycles. The molecule has 0 saturated heterocycles. The number of hydrogen-bond acceptors (Lipinski definition) is 3. The number of carbonyl (C=O) groups excluding carboxylic acids is 2. The van der Waals surface area contributed by atoms with Crippen LogP contribution < -0.4 is 10.1 Å². The molecule has 0 aliphatic carbocycles. The summed E-state index contributed by atoms with van der Waals surface area (Å²) in [5, 5.41) is 3.83. The predicted molar refractivity (Wildman–Crippen MR) is 145 cm³/mol. The fourth-order valence-corrected chi connectivity index (χ4v) is 4.16. The third-order valence-corrected chi connectivity index (χ3v) is 6.32. The third kappa shape index (κ3) is 8.58.